The summed E-state index contributed by atoms with van der Waals surface area (Å²) in [5.74, 6) is 0.504. The van der Waals surface area contributed by atoms with Gasteiger partial charge in [-0.3, -0.25) is 14.9 Å². The molecule has 0 aromatic heterocycles. The Morgan fingerprint density at radius 2 is 2.09 bits per heavy atom. The van der Waals surface area contributed by atoms with E-state index in [4.69, 9.17) is 4.74 Å². The molecule has 1 fully saturated rings. The number of hydrogen-bond acceptors (Lipinski definition) is 4. The van der Waals surface area contributed by atoms with E-state index in [1.54, 1.807) is 0 Å². The third-order valence-electron chi connectivity index (χ3n) is 3.93. The molecule has 0 aliphatic carbocycles. The van der Waals surface area contributed by atoms with Crippen molar-refractivity contribution in [1.82, 2.24) is 5.32 Å². The van der Waals surface area contributed by atoms with Crippen molar-refractivity contribution in [1.29, 1.82) is 0 Å². The molecule has 1 aromatic carbocycles. The summed E-state index contributed by atoms with van der Waals surface area (Å²) in [4.78, 5) is 25.4. The molecule has 2 heterocycles. The highest BCUT2D eigenvalue weighted by molar-refractivity contribution is 6.01. The van der Waals surface area contributed by atoms with Gasteiger partial charge in [0.15, 0.2) is 0 Å². The summed E-state index contributed by atoms with van der Waals surface area (Å²) in [6.07, 6.45) is 1.86. The molecule has 2 aliphatic heterocycles. The number of imide groups is 1. The Balaban J connectivity index is 0.000000847. The van der Waals surface area contributed by atoms with E-state index in [-0.39, 0.29) is 17.9 Å². The molecular weight excluding hydrogens is 280 g/mol. The largest absolute Gasteiger partial charge is 0.489 e. The summed E-state index contributed by atoms with van der Waals surface area (Å²) in [6, 6.07) is 5.75. The third kappa shape index (κ3) is 3.08. The molecule has 0 saturated carbocycles. The van der Waals surface area contributed by atoms with Gasteiger partial charge in [-0.2, -0.15) is 0 Å². The van der Waals surface area contributed by atoms with Gasteiger partial charge in [0.1, 0.15) is 18.4 Å². The van der Waals surface area contributed by atoms with Crippen molar-refractivity contribution >= 4 is 17.5 Å². The molecular formula is C17H24N2O3. The van der Waals surface area contributed by atoms with Crippen molar-refractivity contribution in [3.05, 3.63) is 23.8 Å². The molecule has 1 saturated heterocycles. The number of carbonyl (C=O) groups is 2. The van der Waals surface area contributed by atoms with Gasteiger partial charge >= 0.3 is 0 Å². The Bertz CT molecular complexity index is 557. The number of piperidine rings is 1. The molecule has 2 amide bonds. The molecule has 1 N–H and O–H groups in total. The van der Waals surface area contributed by atoms with Gasteiger partial charge < -0.3 is 9.64 Å². The van der Waals surface area contributed by atoms with Crippen molar-refractivity contribution < 1.29 is 14.3 Å². The van der Waals surface area contributed by atoms with Crippen LogP contribution in [0.2, 0.25) is 0 Å². The molecule has 5 heteroatoms. The van der Waals surface area contributed by atoms with E-state index in [0.717, 1.165) is 23.4 Å². The lowest BCUT2D eigenvalue weighted by atomic mass is 10.0. The minimum atomic E-state index is -0.276. The van der Waals surface area contributed by atoms with E-state index in [9.17, 15) is 9.59 Å². The second-order valence-electron chi connectivity index (χ2n) is 5.13. The van der Waals surface area contributed by atoms with E-state index in [0.29, 0.717) is 26.0 Å². The maximum Gasteiger partial charge on any atom is 0.249 e. The number of aryl methyl sites for hydroxylation is 1. The lowest BCUT2D eigenvalue weighted by Gasteiger charge is -2.38. The number of carbonyl (C=O) groups excluding carboxylic acids is 2. The van der Waals surface area contributed by atoms with Crippen LogP contribution in [0.4, 0.5) is 5.69 Å². The van der Waals surface area contributed by atoms with E-state index < -0.39 is 0 Å². The molecule has 22 heavy (non-hydrogen) atoms. The van der Waals surface area contributed by atoms with Gasteiger partial charge in [-0.25, -0.2) is 0 Å². The predicted molar refractivity (Wildman–Crippen MR) is 86.2 cm³/mol. The monoisotopic (exact) mass is 304 g/mol. The van der Waals surface area contributed by atoms with Crippen LogP contribution in [-0.4, -0.2) is 31.0 Å². The van der Waals surface area contributed by atoms with E-state index in [1.807, 2.05) is 32.0 Å². The fourth-order valence-electron chi connectivity index (χ4n) is 2.91. The van der Waals surface area contributed by atoms with Gasteiger partial charge in [0.2, 0.25) is 11.8 Å². The average Bonchev–Trinajstić information content (AvgIpc) is 2.56. The fourth-order valence-corrected chi connectivity index (χ4v) is 2.91. The van der Waals surface area contributed by atoms with Crippen molar-refractivity contribution in [3.8, 4) is 5.75 Å². The van der Waals surface area contributed by atoms with Gasteiger partial charge in [0.05, 0.1) is 12.2 Å². The number of anilines is 1. The summed E-state index contributed by atoms with van der Waals surface area (Å²) in [7, 11) is 0. The molecule has 0 radical (unpaired) electrons. The second kappa shape index (κ2) is 7.29. The van der Waals surface area contributed by atoms with Crippen LogP contribution in [0.25, 0.3) is 0 Å². The van der Waals surface area contributed by atoms with Crippen LogP contribution in [0.15, 0.2) is 18.2 Å². The zero-order valence-corrected chi connectivity index (χ0v) is 13.5. The summed E-state index contributed by atoms with van der Waals surface area (Å²) >= 11 is 0. The Morgan fingerprint density at radius 1 is 1.32 bits per heavy atom. The molecule has 120 valence electrons. The normalized spacial score (nSPS) is 20.3. The first-order valence-electron chi connectivity index (χ1n) is 8.05. The number of ether oxygens (including phenoxy) is 1. The van der Waals surface area contributed by atoms with Crippen LogP contribution >= 0.6 is 0 Å². The molecule has 1 unspecified atom stereocenters. The van der Waals surface area contributed by atoms with Crippen LogP contribution in [0.5, 0.6) is 5.75 Å². The summed E-state index contributed by atoms with van der Waals surface area (Å²) < 4.78 is 5.78. The highest BCUT2D eigenvalue weighted by Crippen LogP contribution is 2.37. The molecule has 0 bridgehead atoms. The number of fused-ring (bicyclic) bond motifs is 1. The molecule has 5 nitrogen and oxygen atoms in total. The number of amides is 2. The first-order chi connectivity index (χ1) is 10.7. The quantitative estimate of drug-likeness (QED) is 0.852. The number of nitrogens with one attached hydrogen (secondary N) is 1. The van der Waals surface area contributed by atoms with Crippen LogP contribution in [-0.2, 0) is 16.0 Å². The lowest BCUT2D eigenvalue weighted by Crippen LogP contribution is -2.54. The van der Waals surface area contributed by atoms with Crippen molar-refractivity contribution in [3.63, 3.8) is 0 Å². The molecule has 2 aliphatic rings. The predicted octanol–water partition coefficient (Wildman–Crippen LogP) is 2.28. The van der Waals surface area contributed by atoms with Crippen LogP contribution in [0, 0.1) is 0 Å². The van der Waals surface area contributed by atoms with Crippen molar-refractivity contribution in [2.45, 2.75) is 46.1 Å². The highest BCUT2D eigenvalue weighted by atomic mass is 16.5. The topological polar surface area (TPSA) is 58.6 Å². The maximum atomic E-state index is 12.1. The van der Waals surface area contributed by atoms with Crippen LogP contribution < -0.4 is 15.0 Å². The van der Waals surface area contributed by atoms with Crippen LogP contribution in [0.1, 0.15) is 39.2 Å². The van der Waals surface area contributed by atoms with Gasteiger partial charge in [0, 0.05) is 6.42 Å². The molecule has 0 spiro atoms. The SMILES string of the molecule is CC.CCc1cccc2c1OCCN2C1CCC(=O)NC1=O. The van der Waals surface area contributed by atoms with Gasteiger partial charge in [-0.05, 0) is 24.5 Å². The minimum Gasteiger partial charge on any atom is -0.489 e. The van der Waals surface area contributed by atoms with Crippen molar-refractivity contribution in [2.75, 3.05) is 18.1 Å². The zero-order chi connectivity index (χ0) is 16.1. The first kappa shape index (κ1) is 16.3. The first-order valence-corrected chi connectivity index (χ1v) is 8.05. The van der Waals surface area contributed by atoms with Crippen molar-refractivity contribution in [2.24, 2.45) is 0 Å². The second-order valence-corrected chi connectivity index (χ2v) is 5.13. The van der Waals surface area contributed by atoms with E-state index in [2.05, 4.69) is 17.1 Å². The Kier molecular flexibility index (Phi) is 5.41. The summed E-state index contributed by atoms with van der Waals surface area (Å²) in [5, 5.41) is 2.43. The van der Waals surface area contributed by atoms with Crippen LogP contribution in [0.3, 0.4) is 0 Å². The Morgan fingerprint density at radius 3 is 2.77 bits per heavy atom. The minimum absolute atomic E-state index is 0.179. The van der Waals surface area contributed by atoms with Gasteiger partial charge in [0.25, 0.3) is 0 Å². The highest BCUT2D eigenvalue weighted by Gasteiger charge is 2.34. The smallest absolute Gasteiger partial charge is 0.249 e. The Hall–Kier alpha value is -2.04. The number of para-hydroxylation sites is 1. The Labute approximate surface area is 131 Å². The average molecular weight is 304 g/mol. The summed E-state index contributed by atoms with van der Waals surface area (Å²) in [6.45, 7) is 7.33. The molecule has 1 atom stereocenters. The lowest BCUT2D eigenvalue weighted by molar-refractivity contribution is -0.134. The van der Waals surface area contributed by atoms with Gasteiger partial charge in [-0.15, -0.1) is 0 Å². The standard InChI is InChI=1S/C15H18N2O3.C2H6/c1-2-10-4-3-5-11-14(10)20-9-8-17(11)12-6-7-13(18)16-15(12)19;1-2/h3-5,12H,2,6-9H2,1H3,(H,16,18,19);1-2H3. The van der Waals surface area contributed by atoms with Gasteiger partial charge in [-0.1, -0.05) is 32.9 Å². The van der Waals surface area contributed by atoms with E-state index >= 15 is 0 Å². The number of nitrogens with zero attached hydrogens (tertiary/aromatic N) is 1. The number of rotatable bonds is 2. The maximum absolute atomic E-state index is 12.1. The fraction of sp³-hybridized carbons (Fsp3) is 0.529. The molecule has 1 aromatic rings. The third-order valence-corrected chi connectivity index (χ3v) is 3.93. The summed E-state index contributed by atoms with van der Waals surface area (Å²) in [5.41, 5.74) is 2.12. The number of benzene rings is 1. The molecule has 3 rings (SSSR count). The number of hydrogen-bond donors (Lipinski definition) is 1. The van der Waals surface area contributed by atoms with E-state index in [1.165, 1.54) is 0 Å². The zero-order valence-electron chi connectivity index (χ0n) is 13.5.